The van der Waals surface area contributed by atoms with Gasteiger partial charge >= 0.3 is 0 Å². The highest BCUT2D eigenvalue weighted by molar-refractivity contribution is 8.14. The Morgan fingerprint density at radius 2 is 2.15 bits per heavy atom. The largest absolute Gasteiger partial charge is 0.443 e. The summed E-state index contributed by atoms with van der Waals surface area (Å²) in [6.07, 6.45) is 3.40. The molecule has 1 saturated heterocycles. The number of anilines is 1. The zero-order valence-corrected chi connectivity index (χ0v) is 14.4. The van der Waals surface area contributed by atoms with Gasteiger partial charge in [0.2, 0.25) is 11.0 Å². The molecule has 1 aromatic carbocycles. The van der Waals surface area contributed by atoms with Crippen LogP contribution in [0.3, 0.4) is 0 Å². The second-order valence-electron chi connectivity index (χ2n) is 5.71. The number of nitrogen functional groups attached to an aromatic ring is 1. The summed E-state index contributed by atoms with van der Waals surface area (Å²) < 4.78 is 6.96. The lowest BCUT2D eigenvalue weighted by Crippen LogP contribution is -2.37. The monoisotopic (exact) mass is 369 g/mol. The van der Waals surface area contributed by atoms with Crippen LogP contribution in [-0.4, -0.2) is 37.6 Å². The van der Waals surface area contributed by atoms with E-state index in [-0.39, 0.29) is 16.7 Å². The van der Waals surface area contributed by atoms with Crippen molar-refractivity contribution in [1.29, 1.82) is 0 Å². The van der Waals surface area contributed by atoms with E-state index in [0.29, 0.717) is 23.6 Å². The van der Waals surface area contributed by atoms with Crippen molar-refractivity contribution in [2.45, 2.75) is 12.5 Å². The highest BCUT2D eigenvalue weighted by Crippen LogP contribution is 2.27. The first-order valence-electron chi connectivity index (χ1n) is 7.96. The molecule has 2 aromatic heterocycles. The number of para-hydroxylation sites is 1. The summed E-state index contributed by atoms with van der Waals surface area (Å²) in [6.45, 7) is 0. The van der Waals surface area contributed by atoms with Gasteiger partial charge in [-0.15, -0.1) is 0 Å². The molecule has 3 aromatic rings. The molecule has 0 saturated carbocycles. The van der Waals surface area contributed by atoms with Crippen LogP contribution in [0, 0.1) is 0 Å². The van der Waals surface area contributed by atoms with Crippen LogP contribution in [-0.2, 0) is 4.79 Å². The van der Waals surface area contributed by atoms with E-state index in [2.05, 4.69) is 15.4 Å². The van der Waals surface area contributed by atoms with Gasteiger partial charge in [-0.2, -0.15) is 5.10 Å². The number of aromatic nitrogens is 3. The lowest BCUT2D eigenvalue weighted by Gasteiger charge is -2.07. The van der Waals surface area contributed by atoms with Gasteiger partial charge in [-0.25, -0.2) is 9.67 Å². The molecule has 4 rings (SSSR count). The Bertz CT molecular complexity index is 966. The fraction of sp³-hybridized carbons (Fsp3) is 0.176. The Balaban J connectivity index is 1.56. The van der Waals surface area contributed by atoms with E-state index in [1.165, 1.54) is 24.2 Å². The van der Waals surface area contributed by atoms with Gasteiger partial charge in [-0.1, -0.05) is 30.0 Å². The summed E-state index contributed by atoms with van der Waals surface area (Å²) >= 11 is 1.22. The predicted octanol–water partition coefficient (Wildman–Crippen LogP) is 1.87. The second kappa shape index (κ2) is 6.68. The predicted molar refractivity (Wildman–Crippen MR) is 96.8 cm³/mol. The van der Waals surface area contributed by atoms with E-state index < -0.39 is 11.9 Å². The van der Waals surface area contributed by atoms with Crippen LogP contribution in [0.25, 0.3) is 17.1 Å². The Morgan fingerprint density at radius 3 is 2.88 bits per heavy atom. The Labute approximate surface area is 152 Å². The van der Waals surface area contributed by atoms with Crippen LogP contribution in [0.1, 0.15) is 16.9 Å². The third kappa shape index (κ3) is 2.97. The molecule has 1 atom stereocenters. The highest BCUT2D eigenvalue weighted by Gasteiger charge is 2.28. The minimum absolute atomic E-state index is 0.0320. The Morgan fingerprint density at radius 1 is 1.35 bits per heavy atom. The van der Waals surface area contributed by atoms with Gasteiger partial charge in [0.1, 0.15) is 12.1 Å². The van der Waals surface area contributed by atoms with Gasteiger partial charge in [-0.3, -0.25) is 9.59 Å². The number of oxazole rings is 1. The summed E-state index contributed by atoms with van der Waals surface area (Å²) in [5.41, 5.74) is 7.54. The molecule has 8 nitrogen and oxygen atoms in total. The molecule has 3 heterocycles. The van der Waals surface area contributed by atoms with E-state index in [0.717, 1.165) is 5.69 Å². The number of nitrogens with one attached hydrogen (secondary N) is 1. The average molecular weight is 369 g/mol. The van der Waals surface area contributed by atoms with E-state index >= 15 is 0 Å². The number of nitrogens with zero attached hydrogens (tertiary/aromatic N) is 3. The zero-order valence-electron chi connectivity index (χ0n) is 13.6. The van der Waals surface area contributed by atoms with E-state index in [9.17, 15) is 9.59 Å². The molecule has 1 amide bonds. The molecular weight excluding hydrogens is 354 g/mol. The standard InChI is InChI=1S/C17H15N5O3S/c18-14-11(8-19-22(14)10-4-2-1-3-5-10)16-21-13(9-25-16)15(23)20-12-6-7-26-17(12)24/h1-5,8-9,12H,6-7,18H2,(H,20,23). The van der Waals surface area contributed by atoms with E-state index in [1.54, 1.807) is 4.68 Å². The maximum atomic E-state index is 12.3. The summed E-state index contributed by atoms with van der Waals surface area (Å²) in [5.74, 6) is 0.812. The van der Waals surface area contributed by atoms with Gasteiger partial charge < -0.3 is 15.5 Å². The van der Waals surface area contributed by atoms with Crippen LogP contribution in [0.4, 0.5) is 5.82 Å². The van der Waals surface area contributed by atoms with Crippen molar-refractivity contribution in [2.24, 2.45) is 0 Å². The molecule has 1 aliphatic heterocycles. The number of carbonyl (C=O) groups excluding carboxylic acids is 2. The highest BCUT2D eigenvalue weighted by atomic mass is 32.2. The Kier molecular flexibility index (Phi) is 4.21. The smallest absolute Gasteiger partial charge is 0.273 e. The number of benzene rings is 1. The SMILES string of the molecule is Nc1c(-c2nc(C(=O)NC3CCSC3=O)co2)cnn1-c1ccccc1. The van der Waals surface area contributed by atoms with Crippen molar-refractivity contribution in [3.05, 3.63) is 48.5 Å². The van der Waals surface area contributed by atoms with Gasteiger partial charge in [0.15, 0.2) is 5.69 Å². The number of rotatable bonds is 4. The quantitative estimate of drug-likeness (QED) is 0.721. The fourth-order valence-electron chi connectivity index (χ4n) is 2.66. The lowest BCUT2D eigenvalue weighted by atomic mass is 10.2. The third-order valence-corrected chi connectivity index (χ3v) is 5.02. The summed E-state index contributed by atoms with van der Waals surface area (Å²) in [7, 11) is 0. The number of nitrogens with two attached hydrogens (primary N) is 1. The normalized spacial score (nSPS) is 16.8. The second-order valence-corrected chi connectivity index (χ2v) is 6.81. The van der Waals surface area contributed by atoms with Crippen LogP contribution < -0.4 is 11.1 Å². The topological polar surface area (TPSA) is 116 Å². The molecule has 0 spiro atoms. The Hall–Kier alpha value is -3.07. The molecule has 0 aliphatic carbocycles. The summed E-state index contributed by atoms with van der Waals surface area (Å²) in [5, 5.41) is 6.89. The molecule has 3 N–H and O–H groups in total. The summed E-state index contributed by atoms with van der Waals surface area (Å²) in [6, 6.07) is 8.93. The van der Waals surface area contributed by atoms with Crippen LogP contribution in [0.5, 0.6) is 0 Å². The van der Waals surface area contributed by atoms with Crippen molar-refractivity contribution in [1.82, 2.24) is 20.1 Å². The number of hydrogen-bond donors (Lipinski definition) is 2. The van der Waals surface area contributed by atoms with Crippen LogP contribution >= 0.6 is 11.8 Å². The lowest BCUT2D eigenvalue weighted by molar-refractivity contribution is -0.112. The molecule has 1 fully saturated rings. The third-order valence-electron chi connectivity index (χ3n) is 4.02. The maximum Gasteiger partial charge on any atom is 0.273 e. The molecule has 1 aliphatic rings. The van der Waals surface area contributed by atoms with E-state index in [4.69, 9.17) is 10.2 Å². The molecule has 132 valence electrons. The molecule has 26 heavy (non-hydrogen) atoms. The minimum Gasteiger partial charge on any atom is -0.443 e. The maximum absolute atomic E-state index is 12.3. The van der Waals surface area contributed by atoms with Gasteiger partial charge in [-0.05, 0) is 18.6 Å². The number of hydrogen-bond acceptors (Lipinski definition) is 7. The van der Waals surface area contributed by atoms with Crippen LogP contribution in [0.2, 0.25) is 0 Å². The van der Waals surface area contributed by atoms with Gasteiger partial charge in [0.05, 0.1) is 23.5 Å². The first-order valence-corrected chi connectivity index (χ1v) is 8.94. The molecule has 0 radical (unpaired) electrons. The summed E-state index contributed by atoms with van der Waals surface area (Å²) in [4.78, 5) is 28.1. The first-order chi connectivity index (χ1) is 12.6. The zero-order chi connectivity index (χ0) is 18.1. The first kappa shape index (κ1) is 16.4. The van der Waals surface area contributed by atoms with Gasteiger partial charge in [0.25, 0.3) is 5.91 Å². The number of carbonyl (C=O) groups is 2. The van der Waals surface area contributed by atoms with Crippen LogP contribution in [0.15, 0.2) is 47.2 Å². The number of thioether (sulfide) groups is 1. The van der Waals surface area contributed by atoms with Crippen molar-refractivity contribution >= 4 is 28.6 Å². The van der Waals surface area contributed by atoms with Crippen molar-refractivity contribution in [3.63, 3.8) is 0 Å². The van der Waals surface area contributed by atoms with Crippen molar-refractivity contribution < 1.29 is 14.0 Å². The molecule has 0 bridgehead atoms. The van der Waals surface area contributed by atoms with Gasteiger partial charge in [0, 0.05) is 5.75 Å². The average Bonchev–Trinajstić information content (AvgIpc) is 3.36. The molecular formula is C17H15N5O3S. The minimum atomic E-state index is -0.474. The fourth-order valence-corrected chi connectivity index (χ4v) is 3.59. The molecule has 9 heteroatoms. The van der Waals surface area contributed by atoms with Crippen molar-refractivity contribution in [3.8, 4) is 17.1 Å². The number of amides is 1. The van der Waals surface area contributed by atoms with Crippen molar-refractivity contribution in [2.75, 3.05) is 11.5 Å². The van der Waals surface area contributed by atoms with E-state index in [1.807, 2.05) is 30.3 Å². The molecule has 1 unspecified atom stereocenters.